The number of nitrogens with zero attached hydrogens (tertiary/aromatic N) is 3. The Morgan fingerprint density at radius 2 is 1.62 bits per heavy atom. The van der Waals surface area contributed by atoms with Crippen molar-refractivity contribution in [3.05, 3.63) is 75.8 Å². The van der Waals surface area contributed by atoms with Gasteiger partial charge in [0.25, 0.3) is 11.8 Å². The van der Waals surface area contributed by atoms with Crippen molar-refractivity contribution in [3.63, 3.8) is 0 Å². The topological polar surface area (TPSA) is 113 Å². The molecule has 0 radical (unpaired) electrons. The van der Waals surface area contributed by atoms with Crippen molar-refractivity contribution in [1.82, 2.24) is 10.3 Å². The van der Waals surface area contributed by atoms with Crippen LogP contribution < -0.4 is 24.5 Å². The van der Waals surface area contributed by atoms with E-state index in [9.17, 15) is 14.7 Å². The third kappa shape index (κ3) is 7.08. The first-order valence-corrected chi connectivity index (χ1v) is 13.0. The van der Waals surface area contributed by atoms with Gasteiger partial charge in [-0.05, 0) is 54.6 Å². The lowest BCUT2D eigenvalue weighted by atomic mass is 10.2. The molecule has 12 heteroatoms. The molecule has 4 rings (SSSR count). The van der Waals surface area contributed by atoms with Gasteiger partial charge in [-0.2, -0.15) is 5.10 Å². The van der Waals surface area contributed by atoms with E-state index in [1.165, 1.54) is 38.6 Å². The van der Waals surface area contributed by atoms with Crippen LogP contribution in [-0.4, -0.2) is 75.0 Å². The van der Waals surface area contributed by atoms with Crippen molar-refractivity contribution >= 4 is 46.9 Å². The second-order valence-electron chi connectivity index (χ2n) is 8.75. The van der Waals surface area contributed by atoms with E-state index in [1.54, 1.807) is 17.0 Å². The predicted octanol–water partition coefficient (Wildman–Crippen LogP) is 4.21. The first-order chi connectivity index (χ1) is 19.3. The van der Waals surface area contributed by atoms with Gasteiger partial charge in [-0.1, -0.05) is 23.2 Å². The minimum Gasteiger partial charge on any atom is -0.506 e. The van der Waals surface area contributed by atoms with Gasteiger partial charge < -0.3 is 29.1 Å². The normalized spacial score (nSPS) is 13.3. The molecule has 0 aromatic heterocycles. The van der Waals surface area contributed by atoms with E-state index in [0.29, 0.717) is 48.3 Å². The number of aromatic hydroxyl groups is 1. The number of anilines is 1. The maximum Gasteiger partial charge on any atom is 0.271 e. The number of benzene rings is 3. The Morgan fingerprint density at radius 1 is 0.975 bits per heavy atom. The second-order valence-corrected chi connectivity index (χ2v) is 9.60. The van der Waals surface area contributed by atoms with Gasteiger partial charge in [-0.15, -0.1) is 0 Å². The molecule has 3 aromatic carbocycles. The average Bonchev–Trinajstić information content (AvgIpc) is 2.97. The molecule has 1 aliphatic rings. The number of amides is 2. The molecular weight excluding hydrogens is 559 g/mol. The lowest BCUT2D eigenvalue weighted by molar-refractivity contribution is -0.133. The van der Waals surface area contributed by atoms with Gasteiger partial charge in [0, 0.05) is 48.0 Å². The van der Waals surface area contributed by atoms with Crippen molar-refractivity contribution in [1.29, 1.82) is 0 Å². The molecule has 2 N–H and O–H groups in total. The third-order valence-electron chi connectivity index (χ3n) is 6.24. The Hall–Kier alpha value is -4.15. The van der Waals surface area contributed by atoms with E-state index < -0.39 is 5.91 Å². The highest BCUT2D eigenvalue weighted by molar-refractivity contribution is 6.32. The van der Waals surface area contributed by atoms with Gasteiger partial charge in [-0.3, -0.25) is 9.59 Å². The number of ether oxygens (including phenoxy) is 3. The standard InChI is InChI=1S/C28H28Cl2N4O6/c1-38-24-13-18(16-31-32-28(37)19-3-8-23(35)22(30)15-19)14-25(39-2)27(24)40-17-26(36)34-11-9-33(10-12-34)21-6-4-20(29)5-7-21/h3-8,13-16,35H,9-12,17H2,1-2H3,(H,32,37)/b31-16+. The van der Waals surface area contributed by atoms with Crippen LogP contribution in [0.5, 0.6) is 23.0 Å². The minimum absolute atomic E-state index is 0.0559. The molecule has 210 valence electrons. The van der Waals surface area contributed by atoms with Crippen LogP contribution in [0, 0.1) is 0 Å². The maximum absolute atomic E-state index is 12.9. The van der Waals surface area contributed by atoms with E-state index in [4.69, 9.17) is 37.4 Å². The highest BCUT2D eigenvalue weighted by atomic mass is 35.5. The van der Waals surface area contributed by atoms with Crippen LogP contribution in [0.4, 0.5) is 5.69 Å². The lowest BCUT2D eigenvalue weighted by Gasteiger charge is -2.36. The van der Waals surface area contributed by atoms with Crippen LogP contribution >= 0.6 is 23.2 Å². The summed E-state index contributed by atoms with van der Waals surface area (Å²) in [5, 5.41) is 14.2. The van der Waals surface area contributed by atoms with Gasteiger partial charge >= 0.3 is 0 Å². The molecule has 0 spiro atoms. The van der Waals surface area contributed by atoms with Crippen molar-refractivity contribution < 1.29 is 28.9 Å². The number of carbonyl (C=O) groups is 2. The summed E-state index contributed by atoms with van der Waals surface area (Å²) in [7, 11) is 2.94. The zero-order chi connectivity index (χ0) is 28.6. The van der Waals surface area contributed by atoms with Crippen molar-refractivity contribution in [2.24, 2.45) is 5.10 Å². The maximum atomic E-state index is 12.9. The summed E-state index contributed by atoms with van der Waals surface area (Å²) in [5.41, 5.74) is 4.24. The molecular formula is C28H28Cl2N4O6. The van der Waals surface area contributed by atoms with E-state index in [0.717, 1.165) is 5.69 Å². The predicted molar refractivity (Wildman–Crippen MR) is 153 cm³/mol. The minimum atomic E-state index is -0.510. The van der Waals surface area contributed by atoms with Gasteiger partial charge in [0.15, 0.2) is 18.1 Å². The molecule has 1 fully saturated rings. The molecule has 10 nitrogen and oxygen atoms in total. The molecule has 2 amide bonds. The van der Waals surface area contributed by atoms with Crippen molar-refractivity contribution in [2.75, 3.05) is 51.9 Å². The van der Waals surface area contributed by atoms with Gasteiger partial charge in [0.1, 0.15) is 5.75 Å². The molecule has 1 aliphatic heterocycles. The fraction of sp³-hybridized carbons (Fsp3) is 0.250. The summed E-state index contributed by atoms with van der Waals surface area (Å²) < 4.78 is 16.8. The summed E-state index contributed by atoms with van der Waals surface area (Å²) in [6.07, 6.45) is 1.40. The number of hydrogen-bond acceptors (Lipinski definition) is 8. The number of nitrogens with one attached hydrogen (secondary N) is 1. The Balaban J connectivity index is 1.35. The molecule has 40 heavy (non-hydrogen) atoms. The number of hydrogen-bond donors (Lipinski definition) is 2. The third-order valence-corrected chi connectivity index (χ3v) is 6.79. The van der Waals surface area contributed by atoms with E-state index in [1.807, 2.05) is 24.3 Å². The fourth-order valence-corrected chi connectivity index (χ4v) is 4.39. The second kappa shape index (κ2) is 13.3. The van der Waals surface area contributed by atoms with Gasteiger partial charge in [0.05, 0.1) is 25.5 Å². The number of phenols is 1. The number of piperazine rings is 1. The molecule has 3 aromatic rings. The number of carbonyl (C=O) groups excluding carboxylic acids is 2. The van der Waals surface area contributed by atoms with Crippen LogP contribution in [0.3, 0.4) is 0 Å². The van der Waals surface area contributed by atoms with Crippen LogP contribution in [0.1, 0.15) is 15.9 Å². The van der Waals surface area contributed by atoms with Gasteiger partial charge in [-0.25, -0.2) is 5.43 Å². The fourth-order valence-electron chi connectivity index (χ4n) is 4.09. The molecule has 1 saturated heterocycles. The SMILES string of the molecule is COc1cc(/C=N/NC(=O)c2ccc(O)c(Cl)c2)cc(OC)c1OCC(=O)N1CCN(c2ccc(Cl)cc2)CC1. The van der Waals surface area contributed by atoms with E-state index in [-0.39, 0.29) is 34.6 Å². The number of methoxy groups -OCH3 is 2. The smallest absolute Gasteiger partial charge is 0.271 e. The molecule has 0 bridgehead atoms. The van der Waals surface area contributed by atoms with E-state index >= 15 is 0 Å². The first kappa shape index (κ1) is 28.8. The quantitative estimate of drug-likeness (QED) is 0.285. The Bertz CT molecular complexity index is 1370. The molecule has 0 aliphatic carbocycles. The largest absolute Gasteiger partial charge is 0.506 e. The average molecular weight is 587 g/mol. The molecule has 0 saturated carbocycles. The number of halogens is 2. The summed E-state index contributed by atoms with van der Waals surface area (Å²) in [6, 6.07) is 15.0. The zero-order valence-corrected chi connectivity index (χ0v) is 23.4. The monoisotopic (exact) mass is 586 g/mol. The van der Waals surface area contributed by atoms with Crippen molar-refractivity contribution in [3.8, 4) is 23.0 Å². The summed E-state index contributed by atoms with van der Waals surface area (Å²) >= 11 is 11.8. The first-order valence-electron chi connectivity index (χ1n) is 12.3. The van der Waals surface area contributed by atoms with E-state index in [2.05, 4.69) is 15.4 Å². The van der Waals surface area contributed by atoms with Crippen LogP contribution in [0.2, 0.25) is 10.0 Å². The molecule has 1 heterocycles. The highest BCUT2D eigenvalue weighted by Crippen LogP contribution is 2.38. The zero-order valence-electron chi connectivity index (χ0n) is 21.9. The van der Waals surface area contributed by atoms with Crippen LogP contribution in [0.25, 0.3) is 0 Å². The Labute approximate surface area is 241 Å². The number of rotatable bonds is 9. The Morgan fingerprint density at radius 3 is 2.23 bits per heavy atom. The lowest BCUT2D eigenvalue weighted by Crippen LogP contribution is -2.50. The molecule has 0 atom stereocenters. The number of phenolic OH excluding ortho intramolecular Hbond substituents is 1. The summed E-state index contributed by atoms with van der Waals surface area (Å²) in [5.74, 6) is 0.155. The Kier molecular flexibility index (Phi) is 9.57. The summed E-state index contributed by atoms with van der Waals surface area (Å²) in [4.78, 5) is 29.2. The summed E-state index contributed by atoms with van der Waals surface area (Å²) in [6.45, 7) is 2.34. The van der Waals surface area contributed by atoms with Gasteiger partial charge in [0.2, 0.25) is 5.75 Å². The van der Waals surface area contributed by atoms with Crippen LogP contribution in [-0.2, 0) is 4.79 Å². The highest BCUT2D eigenvalue weighted by Gasteiger charge is 2.23. The molecule has 0 unspecified atom stereocenters. The number of hydrazone groups is 1. The van der Waals surface area contributed by atoms with Crippen LogP contribution in [0.15, 0.2) is 59.7 Å². The van der Waals surface area contributed by atoms with Crippen molar-refractivity contribution in [2.45, 2.75) is 0 Å².